The molecule has 2 aliphatic carbocycles. The van der Waals surface area contributed by atoms with Gasteiger partial charge in [-0.25, -0.2) is 0 Å². The molecular formula is C62H40N2. The Labute approximate surface area is 371 Å². The van der Waals surface area contributed by atoms with Gasteiger partial charge in [0.2, 0.25) is 0 Å². The Hall–Kier alpha value is -8.20. The van der Waals surface area contributed by atoms with Crippen LogP contribution in [0.4, 0.5) is 11.4 Å². The zero-order valence-electron chi connectivity index (χ0n) is 35.0. The van der Waals surface area contributed by atoms with Gasteiger partial charge in [0.1, 0.15) is 0 Å². The highest BCUT2D eigenvalue weighted by atomic mass is 15.2. The predicted molar refractivity (Wildman–Crippen MR) is 270 cm³/mol. The molecule has 2 heterocycles. The molecule has 0 amide bonds. The molecule has 0 N–H and O–H groups in total. The normalized spacial score (nSPS) is 14.8. The molecule has 0 radical (unpaired) electrons. The monoisotopic (exact) mass is 812 g/mol. The van der Waals surface area contributed by atoms with Crippen LogP contribution in [-0.4, -0.2) is 4.57 Å². The van der Waals surface area contributed by atoms with Crippen molar-refractivity contribution in [2.45, 2.75) is 12.3 Å². The van der Waals surface area contributed by atoms with Gasteiger partial charge < -0.3 is 9.47 Å². The largest absolute Gasteiger partial charge is 0.313 e. The molecule has 11 aromatic rings. The second kappa shape index (κ2) is 13.6. The zero-order chi connectivity index (χ0) is 41.9. The molecule has 1 unspecified atom stereocenters. The Balaban J connectivity index is 0.829. The summed E-state index contributed by atoms with van der Waals surface area (Å²) in [6, 6.07) is 78.9. The van der Waals surface area contributed by atoms with Crippen molar-refractivity contribution >= 4 is 60.3 Å². The molecule has 0 spiro atoms. The second-order valence-electron chi connectivity index (χ2n) is 17.7. The molecule has 0 fully saturated rings. The van der Waals surface area contributed by atoms with E-state index in [1.54, 1.807) is 0 Å². The molecule has 14 rings (SSSR count). The zero-order valence-corrected chi connectivity index (χ0v) is 35.0. The Morgan fingerprint density at radius 3 is 1.81 bits per heavy atom. The van der Waals surface area contributed by atoms with Gasteiger partial charge in [-0.2, -0.15) is 0 Å². The fraction of sp³-hybridized carbons (Fsp3) is 0.0323. The first kappa shape index (κ1) is 35.4. The maximum absolute atomic E-state index is 2.48. The summed E-state index contributed by atoms with van der Waals surface area (Å²) >= 11 is 0. The molecular weight excluding hydrogens is 773 g/mol. The minimum absolute atomic E-state index is 0.227. The van der Waals surface area contributed by atoms with Crippen LogP contribution in [-0.2, 0) is 0 Å². The number of hydrogen-bond donors (Lipinski definition) is 0. The minimum Gasteiger partial charge on any atom is -0.313 e. The quantitative estimate of drug-likeness (QED) is 0.168. The van der Waals surface area contributed by atoms with Crippen molar-refractivity contribution in [3.63, 3.8) is 0 Å². The van der Waals surface area contributed by atoms with Gasteiger partial charge in [0.15, 0.2) is 0 Å². The lowest BCUT2D eigenvalue weighted by Gasteiger charge is -2.26. The number of benzene rings is 10. The van der Waals surface area contributed by atoms with Gasteiger partial charge >= 0.3 is 0 Å². The van der Waals surface area contributed by atoms with E-state index >= 15 is 0 Å². The maximum atomic E-state index is 2.48. The van der Waals surface area contributed by atoms with E-state index in [9.17, 15) is 0 Å². The molecule has 0 saturated heterocycles. The topological polar surface area (TPSA) is 8.17 Å². The SMILES string of the molecule is C1=C(c2ccc3c(c2)c2ccccc2n3-c2ccccc2)CC2C(=C1)N(c1ccccc1)c1ccc(-c3ccc4cc(-c5cc6c7c(cccc7c5)-c5ccccc5-6)ccc4c3)cc12. The van der Waals surface area contributed by atoms with E-state index in [1.165, 1.54) is 127 Å². The summed E-state index contributed by atoms with van der Waals surface area (Å²) in [4.78, 5) is 2.48. The molecule has 0 saturated carbocycles. The maximum Gasteiger partial charge on any atom is 0.0541 e. The van der Waals surface area contributed by atoms with Crippen molar-refractivity contribution in [1.29, 1.82) is 0 Å². The molecule has 2 heteroatoms. The third kappa shape index (κ3) is 5.26. The number of allylic oxidation sites excluding steroid dienone is 4. The summed E-state index contributed by atoms with van der Waals surface area (Å²) in [5, 5.41) is 7.73. The van der Waals surface area contributed by atoms with Gasteiger partial charge in [-0.15, -0.1) is 0 Å². The van der Waals surface area contributed by atoms with Gasteiger partial charge in [-0.3, -0.25) is 0 Å². The third-order valence-corrected chi connectivity index (χ3v) is 14.2. The average molecular weight is 813 g/mol. The number of aromatic nitrogens is 1. The fourth-order valence-corrected chi connectivity index (χ4v) is 11.2. The van der Waals surface area contributed by atoms with Crippen LogP contribution in [0.25, 0.3) is 99.1 Å². The van der Waals surface area contributed by atoms with Crippen LogP contribution in [0.5, 0.6) is 0 Å². The van der Waals surface area contributed by atoms with E-state index in [4.69, 9.17) is 0 Å². The van der Waals surface area contributed by atoms with Gasteiger partial charge in [-0.1, -0.05) is 140 Å². The van der Waals surface area contributed by atoms with Crippen LogP contribution >= 0.6 is 0 Å². The van der Waals surface area contributed by atoms with Crippen molar-refractivity contribution in [2.24, 2.45) is 0 Å². The number of nitrogens with zero attached hydrogens (tertiary/aromatic N) is 2. The highest BCUT2D eigenvalue weighted by molar-refractivity contribution is 6.16. The molecule has 1 aliphatic heterocycles. The van der Waals surface area contributed by atoms with Crippen LogP contribution in [0.2, 0.25) is 0 Å². The first-order valence-electron chi connectivity index (χ1n) is 22.4. The highest BCUT2D eigenvalue weighted by Crippen LogP contribution is 2.54. The smallest absolute Gasteiger partial charge is 0.0541 e. The number of para-hydroxylation sites is 3. The van der Waals surface area contributed by atoms with E-state index in [1.807, 2.05) is 0 Å². The van der Waals surface area contributed by atoms with Gasteiger partial charge in [0.25, 0.3) is 0 Å². The molecule has 2 nitrogen and oxygen atoms in total. The van der Waals surface area contributed by atoms with E-state index in [0.29, 0.717) is 0 Å². The van der Waals surface area contributed by atoms with Crippen LogP contribution in [0.3, 0.4) is 0 Å². The lowest BCUT2D eigenvalue weighted by atomic mass is 9.84. The molecule has 10 aromatic carbocycles. The summed E-state index contributed by atoms with van der Waals surface area (Å²) in [6.07, 6.45) is 5.67. The first-order valence-corrected chi connectivity index (χ1v) is 22.4. The van der Waals surface area contributed by atoms with Gasteiger partial charge in [-0.05, 0) is 174 Å². The van der Waals surface area contributed by atoms with Crippen LogP contribution in [0, 0.1) is 0 Å². The van der Waals surface area contributed by atoms with E-state index in [0.717, 1.165) is 6.42 Å². The van der Waals surface area contributed by atoms with E-state index in [2.05, 4.69) is 234 Å². The van der Waals surface area contributed by atoms with E-state index in [-0.39, 0.29) is 5.92 Å². The average Bonchev–Trinajstić information content (AvgIpc) is 4.00. The van der Waals surface area contributed by atoms with Crippen LogP contribution in [0.1, 0.15) is 23.5 Å². The van der Waals surface area contributed by atoms with E-state index < -0.39 is 0 Å². The molecule has 0 bridgehead atoms. The van der Waals surface area contributed by atoms with Crippen molar-refractivity contribution in [3.8, 4) is 50.2 Å². The fourth-order valence-electron chi connectivity index (χ4n) is 11.2. The van der Waals surface area contributed by atoms with Gasteiger partial charge in [0, 0.05) is 39.4 Å². The standard InChI is InChI=1S/C62H40N2/c1-3-13-48(14-4-1)63-58-21-10-9-19-52(58)54-35-44(27-29-59(54)63)45-28-31-61-56(37-45)55-36-43(26-30-60(55)64(61)49-15-5-2-6-16-49)41-23-22-40-33-42(25-24-39(40)32-41)47-34-46-12-11-20-53-50-17-7-8-18-51(50)57(38-47)62(46)53/h1-36,38,56H,37H2. The van der Waals surface area contributed by atoms with Crippen molar-refractivity contribution in [1.82, 2.24) is 4.57 Å². The summed E-state index contributed by atoms with van der Waals surface area (Å²) in [5.41, 5.74) is 21.8. The Morgan fingerprint density at radius 2 is 1.00 bits per heavy atom. The Morgan fingerprint density at radius 1 is 0.375 bits per heavy atom. The van der Waals surface area contributed by atoms with Gasteiger partial charge in [0.05, 0.1) is 11.0 Å². The number of rotatable bonds is 5. The predicted octanol–water partition coefficient (Wildman–Crippen LogP) is 16.7. The Bertz CT molecular complexity index is 3810. The van der Waals surface area contributed by atoms with Crippen molar-refractivity contribution < 1.29 is 0 Å². The van der Waals surface area contributed by atoms with Crippen LogP contribution < -0.4 is 4.90 Å². The summed E-state index contributed by atoms with van der Waals surface area (Å²) in [5.74, 6) is 0.227. The molecule has 1 atom stereocenters. The molecule has 64 heavy (non-hydrogen) atoms. The highest BCUT2D eigenvalue weighted by Gasteiger charge is 2.37. The minimum atomic E-state index is 0.227. The van der Waals surface area contributed by atoms with Crippen molar-refractivity contribution in [3.05, 3.63) is 241 Å². The summed E-state index contributed by atoms with van der Waals surface area (Å²) in [6.45, 7) is 0. The Kier molecular flexibility index (Phi) is 7.55. The summed E-state index contributed by atoms with van der Waals surface area (Å²) in [7, 11) is 0. The van der Waals surface area contributed by atoms with Crippen LogP contribution in [0.15, 0.2) is 230 Å². The number of fused-ring (bicyclic) bond motifs is 10. The first-order chi connectivity index (χ1) is 31.7. The second-order valence-corrected chi connectivity index (χ2v) is 17.7. The number of anilines is 2. The summed E-state index contributed by atoms with van der Waals surface area (Å²) < 4.78 is 2.40. The molecule has 1 aromatic heterocycles. The third-order valence-electron chi connectivity index (χ3n) is 14.2. The number of hydrogen-bond acceptors (Lipinski definition) is 1. The molecule has 3 aliphatic rings. The lowest BCUT2D eigenvalue weighted by molar-refractivity contribution is 0.832. The lowest BCUT2D eigenvalue weighted by Crippen LogP contribution is -2.15. The van der Waals surface area contributed by atoms with Crippen molar-refractivity contribution in [2.75, 3.05) is 4.90 Å². The molecule has 298 valence electrons.